The van der Waals surface area contributed by atoms with Gasteiger partial charge < -0.3 is 19.2 Å². The summed E-state index contributed by atoms with van der Waals surface area (Å²) in [6.07, 6.45) is 0.833. The third-order valence-corrected chi connectivity index (χ3v) is 2.49. The van der Waals surface area contributed by atoms with E-state index >= 15 is 0 Å². The Labute approximate surface area is 104 Å². The van der Waals surface area contributed by atoms with Gasteiger partial charge in [-0.15, -0.1) is 0 Å². The van der Waals surface area contributed by atoms with Gasteiger partial charge in [-0.1, -0.05) is 0 Å². The minimum absolute atomic E-state index is 0.274. The maximum absolute atomic E-state index is 9.70. The van der Waals surface area contributed by atoms with Crippen LogP contribution in [0.1, 0.15) is 5.89 Å². The highest BCUT2D eigenvalue weighted by atomic mass is 16.5. The lowest BCUT2D eigenvalue weighted by Crippen LogP contribution is -2.32. The van der Waals surface area contributed by atoms with Gasteiger partial charge in [0.25, 0.3) is 5.71 Å². The molecule has 1 N–H and O–H groups in total. The topological polar surface area (TPSA) is 84.5 Å². The highest BCUT2D eigenvalue weighted by Gasteiger charge is 2.16. The molecule has 2 aromatic rings. The number of ether oxygens (including phenoxy) is 1. The molecule has 7 heteroatoms. The van der Waals surface area contributed by atoms with Crippen molar-refractivity contribution in [2.24, 2.45) is 0 Å². The highest BCUT2D eigenvalue weighted by Crippen LogP contribution is 2.21. The summed E-state index contributed by atoms with van der Waals surface area (Å²) in [5.74, 6) is 1.17. The summed E-state index contributed by atoms with van der Waals surface area (Å²) in [5, 5.41) is 9.70. The Morgan fingerprint density at radius 2 is 2.28 bits per heavy atom. The zero-order chi connectivity index (χ0) is 13.1. The summed E-state index contributed by atoms with van der Waals surface area (Å²) < 4.78 is 10.2. The Kier molecular flexibility index (Phi) is 3.73. The smallest absolute Gasteiger partial charge is 0.252 e. The maximum atomic E-state index is 9.70. The van der Waals surface area contributed by atoms with Gasteiger partial charge in [-0.25, -0.2) is 9.97 Å². The molecule has 18 heavy (non-hydrogen) atoms. The SMILES string of the molecule is COC[C@@H](O)CN(C)c1ncnc2oc(C)nc12. The second-order valence-corrected chi connectivity index (χ2v) is 4.07. The first kappa shape index (κ1) is 12.7. The molecule has 0 saturated heterocycles. The van der Waals surface area contributed by atoms with E-state index < -0.39 is 6.10 Å². The Balaban J connectivity index is 2.24. The predicted molar refractivity (Wildman–Crippen MR) is 65.5 cm³/mol. The fourth-order valence-corrected chi connectivity index (χ4v) is 1.77. The number of anilines is 1. The molecular formula is C11H16N4O3. The van der Waals surface area contributed by atoms with Crippen LogP contribution in [-0.2, 0) is 4.74 Å². The minimum atomic E-state index is -0.585. The number of hydrogen-bond acceptors (Lipinski definition) is 7. The summed E-state index contributed by atoms with van der Waals surface area (Å²) >= 11 is 0. The third kappa shape index (κ3) is 2.57. The average Bonchev–Trinajstić information content (AvgIpc) is 2.68. The van der Waals surface area contributed by atoms with Crippen LogP contribution >= 0.6 is 0 Å². The van der Waals surface area contributed by atoms with Gasteiger partial charge in [-0.2, -0.15) is 4.98 Å². The molecule has 2 rings (SSSR count). The Hall–Kier alpha value is -1.73. The molecule has 0 spiro atoms. The van der Waals surface area contributed by atoms with Crippen molar-refractivity contribution >= 4 is 17.0 Å². The maximum Gasteiger partial charge on any atom is 0.252 e. The van der Waals surface area contributed by atoms with E-state index in [-0.39, 0.29) is 6.61 Å². The van der Waals surface area contributed by atoms with Crippen molar-refractivity contribution in [3.05, 3.63) is 12.2 Å². The lowest BCUT2D eigenvalue weighted by molar-refractivity contribution is 0.0694. The molecular weight excluding hydrogens is 236 g/mol. The number of oxazole rings is 1. The predicted octanol–water partition coefficient (Wildman–Crippen LogP) is 0.370. The monoisotopic (exact) mass is 252 g/mol. The molecule has 2 heterocycles. The van der Waals surface area contributed by atoms with Crippen molar-refractivity contribution in [2.75, 3.05) is 32.2 Å². The van der Waals surface area contributed by atoms with Gasteiger partial charge in [0.05, 0.1) is 12.7 Å². The molecule has 0 radical (unpaired) electrons. The molecule has 0 aliphatic heterocycles. The molecule has 0 unspecified atom stereocenters. The summed E-state index contributed by atoms with van der Waals surface area (Å²) in [5.41, 5.74) is 1.05. The van der Waals surface area contributed by atoms with E-state index in [0.717, 1.165) is 0 Å². The van der Waals surface area contributed by atoms with E-state index in [1.54, 1.807) is 18.9 Å². The number of aliphatic hydroxyl groups excluding tert-OH is 1. The van der Waals surface area contributed by atoms with Gasteiger partial charge in [0.15, 0.2) is 17.2 Å². The van der Waals surface area contributed by atoms with Crippen molar-refractivity contribution in [3.8, 4) is 0 Å². The van der Waals surface area contributed by atoms with E-state index in [4.69, 9.17) is 9.15 Å². The summed E-state index contributed by atoms with van der Waals surface area (Å²) in [7, 11) is 3.37. The van der Waals surface area contributed by atoms with Crippen LogP contribution in [0, 0.1) is 6.92 Å². The number of aryl methyl sites for hydroxylation is 1. The van der Waals surface area contributed by atoms with Crippen LogP contribution in [-0.4, -0.2) is 53.5 Å². The molecule has 0 fully saturated rings. The zero-order valence-electron chi connectivity index (χ0n) is 10.6. The number of likely N-dealkylation sites (N-methyl/N-ethyl adjacent to an activating group) is 1. The van der Waals surface area contributed by atoms with Crippen molar-refractivity contribution in [3.63, 3.8) is 0 Å². The molecule has 0 bridgehead atoms. The van der Waals surface area contributed by atoms with Gasteiger partial charge in [-0.3, -0.25) is 0 Å². The fourth-order valence-electron chi connectivity index (χ4n) is 1.77. The van der Waals surface area contributed by atoms with Crippen LogP contribution in [0.15, 0.2) is 10.7 Å². The van der Waals surface area contributed by atoms with E-state index in [1.807, 2.05) is 7.05 Å². The van der Waals surface area contributed by atoms with Crippen molar-refractivity contribution < 1.29 is 14.3 Å². The Morgan fingerprint density at radius 1 is 1.50 bits per heavy atom. The molecule has 0 aliphatic rings. The van der Waals surface area contributed by atoms with Crippen LogP contribution < -0.4 is 4.90 Å². The van der Waals surface area contributed by atoms with Gasteiger partial charge in [0.2, 0.25) is 0 Å². The number of hydrogen-bond donors (Lipinski definition) is 1. The minimum Gasteiger partial charge on any atom is -0.422 e. The molecule has 0 amide bonds. The standard InChI is InChI=1S/C11H16N4O3/c1-7-14-9-10(12-6-13-11(9)18-7)15(2)4-8(16)5-17-3/h6,8,16H,4-5H2,1-3H3/t8-/m0/s1. The lowest BCUT2D eigenvalue weighted by Gasteiger charge is -2.20. The van der Waals surface area contributed by atoms with Gasteiger partial charge >= 0.3 is 0 Å². The number of rotatable bonds is 5. The molecule has 0 aliphatic carbocycles. The molecule has 0 aromatic carbocycles. The average molecular weight is 252 g/mol. The largest absolute Gasteiger partial charge is 0.422 e. The quantitative estimate of drug-likeness (QED) is 0.822. The van der Waals surface area contributed by atoms with Crippen LogP contribution in [0.25, 0.3) is 11.2 Å². The zero-order valence-corrected chi connectivity index (χ0v) is 10.6. The first-order valence-electron chi connectivity index (χ1n) is 5.58. The first-order valence-corrected chi connectivity index (χ1v) is 5.58. The third-order valence-electron chi connectivity index (χ3n) is 2.49. The van der Waals surface area contributed by atoms with Crippen molar-refractivity contribution in [1.29, 1.82) is 0 Å². The molecule has 98 valence electrons. The number of aromatic nitrogens is 3. The van der Waals surface area contributed by atoms with E-state index in [9.17, 15) is 5.11 Å². The van der Waals surface area contributed by atoms with Crippen LogP contribution in [0.3, 0.4) is 0 Å². The van der Waals surface area contributed by atoms with Gasteiger partial charge in [-0.05, 0) is 0 Å². The van der Waals surface area contributed by atoms with E-state index in [1.165, 1.54) is 6.33 Å². The summed E-state index contributed by atoms with van der Waals surface area (Å²) in [6.45, 7) is 2.42. The molecule has 7 nitrogen and oxygen atoms in total. The lowest BCUT2D eigenvalue weighted by atomic mass is 10.3. The summed E-state index contributed by atoms with van der Waals surface area (Å²) in [4.78, 5) is 14.2. The van der Waals surface area contributed by atoms with Crippen molar-refractivity contribution in [2.45, 2.75) is 13.0 Å². The molecule has 0 saturated carbocycles. The van der Waals surface area contributed by atoms with Gasteiger partial charge in [0, 0.05) is 27.6 Å². The van der Waals surface area contributed by atoms with Crippen LogP contribution in [0.2, 0.25) is 0 Å². The van der Waals surface area contributed by atoms with Crippen LogP contribution in [0.5, 0.6) is 0 Å². The second kappa shape index (κ2) is 5.28. The number of fused-ring (bicyclic) bond motifs is 1. The van der Waals surface area contributed by atoms with E-state index in [2.05, 4.69) is 15.0 Å². The Morgan fingerprint density at radius 3 is 3.00 bits per heavy atom. The normalized spacial score (nSPS) is 12.9. The van der Waals surface area contributed by atoms with Crippen molar-refractivity contribution in [1.82, 2.24) is 15.0 Å². The molecule has 1 atom stereocenters. The number of aliphatic hydroxyl groups is 1. The molecule has 2 aromatic heterocycles. The Bertz CT molecular complexity index is 528. The van der Waals surface area contributed by atoms with Gasteiger partial charge in [0.1, 0.15) is 6.33 Å². The fraction of sp³-hybridized carbons (Fsp3) is 0.545. The summed E-state index contributed by atoms with van der Waals surface area (Å²) in [6, 6.07) is 0. The van der Waals surface area contributed by atoms with E-state index in [0.29, 0.717) is 29.5 Å². The number of nitrogens with zero attached hydrogens (tertiary/aromatic N) is 4. The number of methoxy groups -OCH3 is 1. The first-order chi connectivity index (χ1) is 8.61. The highest BCUT2D eigenvalue weighted by molar-refractivity contribution is 5.81. The van der Waals surface area contributed by atoms with Crippen LogP contribution in [0.4, 0.5) is 5.82 Å². The second-order valence-electron chi connectivity index (χ2n) is 4.07.